The Morgan fingerprint density at radius 1 is 1.33 bits per heavy atom. The predicted octanol–water partition coefficient (Wildman–Crippen LogP) is 2.51. The van der Waals surface area contributed by atoms with E-state index in [-0.39, 0.29) is 18.9 Å². The minimum atomic E-state index is -0.916. The minimum Gasteiger partial charge on any atom is -0.464 e. The summed E-state index contributed by atoms with van der Waals surface area (Å²) in [7, 11) is 0. The topological polar surface area (TPSA) is 55.4 Å². The molecule has 1 N–H and O–H groups in total. The third kappa shape index (κ3) is 6.12. The smallest absolute Gasteiger partial charge is 0.328 e. The second-order valence-electron chi connectivity index (χ2n) is 4.22. The molecule has 1 atom stereocenters. The lowest BCUT2D eigenvalue weighted by molar-refractivity contribution is -0.146. The van der Waals surface area contributed by atoms with E-state index in [2.05, 4.69) is 5.32 Å². The van der Waals surface area contributed by atoms with Gasteiger partial charge in [0.15, 0.2) is 11.6 Å². The van der Waals surface area contributed by atoms with Gasteiger partial charge in [0, 0.05) is 17.1 Å². The molecule has 0 aliphatic rings. The summed E-state index contributed by atoms with van der Waals surface area (Å²) in [5.74, 6) is -2.21. The third-order valence-electron chi connectivity index (χ3n) is 2.51. The number of carbonyl (C=O) groups excluding carboxylic acids is 2. The Bertz CT molecular complexity index is 511. The van der Waals surface area contributed by atoms with E-state index in [0.29, 0.717) is 10.6 Å². The number of carbonyl (C=O) groups is 2. The van der Waals surface area contributed by atoms with Crippen LogP contribution in [-0.4, -0.2) is 30.3 Å². The minimum absolute atomic E-state index is 0.160. The molecule has 0 aromatic heterocycles. The van der Waals surface area contributed by atoms with Gasteiger partial charge >= 0.3 is 5.97 Å². The first-order chi connectivity index (χ1) is 9.93. The van der Waals surface area contributed by atoms with Gasteiger partial charge in [-0.05, 0) is 32.0 Å². The summed E-state index contributed by atoms with van der Waals surface area (Å²) in [4.78, 5) is 23.5. The molecule has 1 rings (SSSR count). The summed E-state index contributed by atoms with van der Waals surface area (Å²) in [5.41, 5.74) is 0. The molecule has 0 radical (unpaired) electrons. The van der Waals surface area contributed by atoms with Gasteiger partial charge in [0.25, 0.3) is 0 Å². The summed E-state index contributed by atoms with van der Waals surface area (Å²) in [6.07, 6.45) is 0.160. The Morgan fingerprint density at radius 3 is 2.67 bits per heavy atom. The highest BCUT2D eigenvalue weighted by Crippen LogP contribution is 2.20. The van der Waals surface area contributed by atoms with E-state index >= 15 is 0 Å². The average molecular weight is 317 g/mol. The SMILES string of the molecule is CCOC(=O)C(C)NC(=O)CCSc1ccc(F)c(F)c1. The van der Waals surface area contributed by atoms with Gasteiger partial charge in [-0.1, -0.05) is 0 Å². The normalized spacial score (nSPS) is 11.8. The lowest BCUT2D eigenvalue weighted by atomic mass is 10.3. The first kappa shape index (κ1) is 17.4. The van der Waals surface area contributed by atoms with Crippen LogP contribution < -0.4 is 5.32 Å². The van der Waals surface area contributed by atoms with E-state index in [4.69, 9.17) is 4.74 Å². The molecule has 0 saturated carbocycles. The monoisotopic (exact) mass is 317 g/mol. The number of hydrogen-bond acceptors (Lipinski definition) is 4. The number of benzene rings is 1. The largest absolute Gasteiger partial charge is 0.464 e. The van der Waals surface area contributed by atoms with E-state index < -0.39 is 23.6 Å². The summed E-state index contributed by atoms with van der Waals surface area (Å²) < 4.78 is 30.5. The third-order valence-corrected chi connectivity index (χ3v) is 3.50. The maximum absolute atomic E-state index is 13.0. The first-order valence-corrected chi connectivity index (χ1v) is 7.46. The molecule has 116 valence electrons. The van der Waals surface area contributed by atoms with Crippen LogP contribution >= 0.6 is 11.8 Å². The van der Waals surface area contributed by atoms with Crippen molar-refractivity contribution in [3.05, 3.63) is 29.8 Å². The predicted molar refractivity (Wildman–Crippen MR) is 75.9 cm³/mol. The summed E-state index contributed by atoms with van der Waals surface area (Å²) in [5, 5.41) is 2.51. The number of esters is 1. The van der Waals surface area contributed by atoms with Gasteiger partial charge in [0.2, 0.25) is 5.91 Å². The van der Waals surface area contributed by atoms with E-state index in [1.54, 1.807) is 13.8 Å². The second kappa shape index (κ2) is 8.61. The highest BCUT2D eigenvalue weighted by molar-refractivity contribution is 7.99. The van der Waals surface area contributed by atoms with Gasteiger partial charge in [0.05, 0.1) is 6.61 Å². The van der Waals surface area contributed by atoms with E-state index in [9.17, 15) is 18.4 Å². The van der Waals surface area contributed by atoms with Gasteiger partial charge in [0.1, 0.15) is 6.04 Å². The molecule has 0 bridgehead atoms. The highest BCUT2D eigenvalue weighted by Gasteiger charge is 2.16. The van der Waals surface area contributed by atoms with Crippen LogP contribution in [0.3, 0.4) is 0 Å². The fourth-order valence-corrected chi connectivity index (χ4v) is 2.34. The van der Waals surface area contributed by atoms with Crippen LogP contribution in [0.5, 0.6) is 0 Å². The quantitative estimate of drug-likeness (QED) is 0.620. The van der Waals surface area contributed by atoms with Crippen LogP contribution in [0.4, 0.5) is 8.78 Å². The molecular formula is C14H17F2NO3S. The molecule has 1 aromatic rings. The first-order valence-electron chi connectivity index (χ1n) is 6.48. The Hall–Kier alpha value is -1.63. The lowest BCUT2D eigenvalue weighted by Crippen LogP contribution is -2.39. The van der Waals surface area contributed by atoms with E-state index in [1.165, 1.54) is 17.8 Å². The zero-order chi connectivity index (χ0) is 15.8. The van der Waals surface area contributed by atoms with Crippen LogP contribution in [0, 0.1) is 11.6 Å². The fraction of sp³-hybridized carbons (Fsp3) is 0.429. The maximum Gasteiger partial charge on any atom is 0.328 e. The zero-order valence-electron chi connectivity index (χ0n) is 11.8. The van der Waals surface area contributed by atoms with Crippen molar-refractivity contribution < 1.29 is 23.1 Å². The molecule has 1 unspecified atom stereocenters. The van der Waals surface area contributed by atoms with Gasteiger partial charge in [-0.3, -0.25) is 4.79 Å². The molecule has 1 aromatic carbocycles. The Morgan fingerprint density at radius 2 is 2.05 bits per heavy atom. The van der Waals surface area contributed by atoms with Gasteiger partial charge < -0.3 is 10.1 Å². The molecule has 0 aliphatic heterocycles. The lowest BCUT2D eigenvalue weighted by Gasteiger charge is -2.12. The molecule has 0 saturated heterocycles. The van der Waals surface area contributed by atoms with Crippen molar-refractivity contribution in [2.45, 2.75) is 31.2 Å². The number of nitrogens with one attached hydrogen (secondary N) is 1. The number of halogens is 2. The van der Waals surface area contributed by atoms with Crippen LogP contribution in [0.1, 0.15) is 20.3 Å². The van der Waals surface area contributed by atoms with Gasteiger partial charge in [-0.15, -0.1) is 11.8 Å². The summed E-state index contributed by atoms with van der Waals surface area (Å²) in [6.45, 7) is 3.48. The molecule has 4 nitrogen and oxygen atoms in total. The molecule has 0 spiro atoms. The van der Waals surface area contributed by atoms with Crippen LogP contribution in [0.25, 0.3) is 0 Å². The molecule has 7 heteroatoms. The van der Waals surface area contributed by atoms with Crippen LogP contribution in [0.2, 0.25) is 0 Å². The van der Waals surface area contributed by atoms with Gasteiger partial charge in [-0.25, -0.2) is 13.6 Å². The number of amides is 1. The second-order valence-corrected chi connectivity index (χ2v) is 5.38. The van der Waals surface area contributed by atoms with Crippen LogP contribution in [-0.2, 0) is 14.3 Å². The Balaban J connectivity index is 2.33. The molecule has 0 aliphatic carbocycles. The zero-order valence-corrected chi connectivity index (χ0v) is 12.6. The molecule has 1 amide bonds. The Kier molecular flexibility index (Phi) is 7.14. The molecular weight excluding hydrogens is 300 g/mol. The van der Waals surface area contributed by atoms with Crippen molar-refractivity contribution in [2.75, 3.05) is 12.4 Å². The number of thioether (sulfide) groups is 1. The summed E-state index contributed by atoms with van der Waals surface area (Å²) in [6, 6.07) is 2.87. The molecule has 21 heavy (non-hydrogen) atoms. The Labute approximate surface area is 126 Å². The highest BCUT2D eigenvalue weighted by atomic mass is 32.2. The van der Waals surface area contributed by atoms with Crippen molar-refractivity contribution in [1.82, 2.24) is 5.32 Å². The number of hydrogen-bond donors (Lipinski definition) is 1. The molecule has 0 fully saturated rings. The number of rotatable bonds is 7. The van der Waals surface area contributed by atoms with Crippen molar-refractivity contribution in [3.63, 3.8) is 0 Å². The van der Waals surface area contributed by atoms with Crippen molar-refractivity contribution in [2.24, 2.45) is 0 Å². The summed E-state index contributed by atoms with van der Waals surface area (Å²) >= 11 is 1.23. The van der Waals surface area contributed by atoms with Gasteiger partial charge in [-0.2, -0.15) is 0 Å². The average Bonchev–Trinajstić information content (AvgIpc) is 2.43. The van der Waals surface area contributed by atoms with E-state index in [0.717, 1.165) is 12.1 Å². The standard InChI is InChI=1S/C14H17F2NO3S/c1-3-20-14(19)9(2)17-13(18)6-7-21-10-4-5-11(15)12(16)8-10/h4-5,8-9H,3,6-7H2,1-2H3,(H,17,18). The van der Waals surface area contributed by atoms with Crippen molar-refractivity contribution in [3.8, 4) is 0 Å². The maximum atomic E-state index is 13.0. The number of ether oxygens (including phenoxy) is 1. The fourth-order valence-electron chi connectivity index (χ4n) is 1.47. The van der Waals surface area contributed by atoms with Crippen LogP contribution in [0.15, 0.2) is 23.1 Å². The van der Waals surface area contributed by atoms with Crippen molar-refractivity contribution in [1.29, 1.82) is 0 Å². The van der Waals surface area contributed by atoms with Crippen molar-refractivity contribution >= 4 is 23.6 Å². The van der Waals surface area contributed by atoms with E-state index in [1.807, 2.05) is 0 Å². The molecule has 0 heterocycles.